The van der Waals surface area contributed by atoms with Crippen molar-refractivity contribution in [3.05, 3.63) is 57.2 Å². The molecule has 3 rings (SSSR count). The van der Waals surface area contributed by atoms with E-state index in [1.807, 2.05) is 24.3 Å². The second-order valence-corrected chi connectivity index (χ2v) is 4.62. The molecule has 0 amide bonds. The van der Waals surface area contributed by atoms with E-state index in [9.17, 15) is 9.59 Å². The minimum absolute atomic E-state index is 0.288. The third-order valence-electron chi connectivity index (χ3n) is 3.35. The van der Waals surface area contributed by atoms with Gasteiger partial charge in [-0.3, -0.25) is 14.3 Å². The van der Waals surface area contributed by atoms with Gasteiger partial charge in [0.05, 0.1) is 18.2 Å². The highest BCUT2D eigenvalue weighted by molar-refractivity contribution is 5.77. The molecule has 0 saturated carbocycles. The lowest BCUT2D eigenvalue weighted by Gasteiger charge is -2.05. The van der Waals surface area contributed by atoms with Crippen LogP contribution in [-0.4, -0.2) is 21.6 Å². The summed E-state index contributed by atoms with van der Waals surface area (Å²) in [5, 5.41) is 0.384. The Balaban J connectivity index is 2.19. The van der Waals surface area contributed by atoms with Crippen LogP contribution in [0.4, 0.5) is 0 Å². The Hall–Kier alpha value is -2.89. The van der Waals surface area contributed by atoms with Gasteiger partial charge in [0.15, 0.2) is 0 Å². The first-order chi connectivity index (χ1) is 10.1. The number of nitrogens with zero attached hydrogens (tertiary/aromatic N) is 2. The molecule has 2 heterocycles. The van der Waals surface area contributed by atoms with Gasteiger partial charge < -0.3 is 4.74 Å². The topological polar surface area (TPSA) is 77.0 Å². The normalized spacial score (nSPS) is 10.8. The number of aromatic amines is 1. The van der Waals surface area contributed by atoms with Crippen molar-refractivity contribution in [1.82, 2.24) is 14.5 Å². The number of hydrogen-bond donors (Lipinski definition) is 1. The molecule has 1 N–H and O–H groups in total. The first-order valence-corrected chi connectivity index (χ1v) is 6.34. The predicted molar refractivity (Wildman–Crippen MR) is 79.6 cm³/mol. The minimum Gasteiger partial charge on any atom is -0.497 e. The molecule has 0 radical (unpaired) electrons. The van der Waals surface area contributed by atoms with Crippen LogP contribution in [-0.2, 0) is 7.05 Å². The SMILES string of the molecule is COc1ccc(-c2ccc3c(=O)n(C)c(=O)[nH]c3n2)cc1. The van der Waals surface area contributed by atoms with E-state index < -0.39 is 5.69 Å². The van der Waals surface area contributed by atoms with Gasteiger partial charge in [-0.05, 0) is 36.4 Å². The summed E-state index contributed by atoms with van der Waals surface area (Å²) in [6.07, 6.45) is 0. The number of pyridine rings is 1. The van der Waals surface area contributed by atoms with Gasteiger partial charge >= 0.3 is 5.69 Å². The fourth-order valence-corrected chi connectivity index (χ4v) is 2.11. The average molecular weight is 283 g/mol. The van der Waals surface area contributed by atoms with Crippen molar-refractivity contribution in [3.63, 3.8) is 0 Å². The molecule has 0 unspecified atom stereocenters. The molecule has 0 aliphatic heterocycles. The van der Waals surface area contributed by atoms with Crippen LogP contribution in [0, 0.1) is 0 Å². The number of H-pyrrole nitrogens is 1. The molecule has 106 valence electrons. The summed E-state index contributed by atoms with van der Waals surface area (Å²) in [4.78, 5) is 30.6. The van der Waals surface area contributed by atoms with Gasteiger partial charge in [0, 0.05) is 12.6 Å². The van der Waals surface area contributed by atoms with Crippen LogP contribution in [0.3, 0.4) is 0 Å². The van der Waals surface area contributed by atoms with Gasteiger partial charge in [-0.15, -0.1) is 0 Å². The van der Waals surface area contributed by atoms with Crippen molar-refractivity contribution >= 4 is 11.0 Å². The van der Waals surface area contributed by atoms with Crippen molar-refractivity contribution in [2.75, 3.05) is 7.11 Å². The van der Waals surface area contributed by atoms with Crippen molar-refractivity contribution in [2.45, 2.75) is 0 Å². The largest absolute Gasteiger partial charge is 0.497 e. The molecular weight excluding hydrogens is 270 g/mol. The molecule has 0 fully saturated rings. The number of aromatic nitrogens is 3. The molecule has 1 aromatic carbocycles. The van der Waals surface area contributed by atoms with Gasteiger partial charge in [0.1, 0.15) is 11.4 Å². The molecule has 6 nitrogen and oxygen atoms in total. The summed E-state index contributed by atoms with van der Waals surface area (Å²) in [6, 6.07) is 10.8. The number of benzene rings is 1. The molecule has 0 atom stereocenters. The molecule has 0 spiro atoms. The summed E-state index contributed by atoms with van der Waals surface area (Å²) in [6.45, 7) is 0. The van der Waals surface area contributed by atoms with E-state index in [0.29, 0.717) is 11.1 Å². The Labute approximate surface area is 119 Å². The molecule has 21 heavy (non-hydrogen) atoms. The molecule has 0 bridgehead atoms. The standard InChI is InChI=1S/C15H13N3O3/c1-18-14(19)11-7-8-12(16-13(11)17-15(18)20)9-3-5-10(21-2)6-4-9/h3-8H,1-2H3,(H,16,17,20). The Kier molecular flexibility index (Phi) is 3.06. The van der Waals surface area contributed by atoms with Gasteiger partial charge in [0.25, 0.3) is 5.56 Å². The minimum atomic E-state index is -0.480. The van der Waals surface area contributed by atoms with Crippen LogP contribution in [0.5, 0.6) is 5.75 Å². The summed E-state index contributed by atoms with van der Waals surface area (Å²) in [5.74, 6) is 0.752. The number of fused-ring (bicyclic) bond motifs is 1. The fraction of sp³-hybridized carbons (Fsp3) is 0.133. The zero-order chi connectivity index (χ0) is 15.0. The maximum absolute atomic E-state index is 12.0. The van der Waals surface area contributed by atoms with Gasteiger partial charge in [-0.1, -0.05) is 0 Å². The second-order valence-electron chi connectivity index (χ2n) is 4.62. The third-order valence-corrected chi connectivity index (χ3v) is 3.35. The van der Waals surface area contributed by atoms with E-state index in [4.69, 9.17) is 4.74 Å². The zero-order valence-corrected chi connectivity index (χ0v) is 11.6. The lowest BCUT2D eigenvalue weighted by Crippen LogP contribution is -2.32. The number of ether oxygens (including phenoxy) is 1. The van der Waals surface area contributed by atoms with Crippen molar-refractivity contribution < 1.29 is 4.74 Å². The van der Waals surface area contributed by atoms with Crippen molar-refractivity contribution in [1.29, 1.82) is 0 Å². The van der Waals surface area contributed by atoms with Crippen LogP contribution in [0.1, 0.15) is 0 Å². The molecule has 0 aliphatic rings. The van der Waals surface area contributed by atoms with Gasteiger partial charge in [-0.2, -0.15) is 0 Å². The van der Waals surface area contributed by atoms with Crippen LogP contribution in [0.15, 0.2) is 46.0 Å². The maximum Gasteiger partial charge on any atom is 0.329 e. The lowest BCUT2D eigenvalue weighted by molar-refractivity contribution is 0.415. The molecular formula is C15H13N3O3. The second kappa shape index (κ2) is 4.90. The van der Waals surface area contributed by atoms with Crippen LogP contribution < -0.4 is 16.0 Å². The summed E-state index contributed by atoms with van der Waals surface area (Å²) < 4.78 is 6.13. The summed E-state index contributed by atoms with van der Waals surface area (Å²) in [5.41, 5.74) is 0.999. The first kappa shape index (κ1) is 13.1. The number of rotatable bonds is 2. The number of nitrogens with one attached hydrogen (secondary N) is 1. The highest BCUT2D eigenvalue weighted by atomic mass is 16.5. The third kappa shape index (κ3) is 2.20. The lowest BCUT2D eigenvalue weighted by atomic mass is 10.1. The number of methoxy groups -OCH3 is 1. The monoisotopic (exact) mass is 283 g/mol. The highest BCUT2D eigenvalue weighted by Crippen LogP contribution is 2.21. The summed E-state index contributed by atoms with van der Waals surface area (Å²) >= 11 is 0. The van der Waals surface area contributed by atoms with Gasteiger partial charge in [-0.25, -0.2) is 9.78 Å². The van der Waals surface area contributed by atoms with E-state index in [1.54, 1.807) is 19.2 Å². The molecule has 6 heteroatoms. The van der Waals surface area contributed by atoms with E-state index in [-0.39, 0.29) is 11.2 Å². The molecule has 3 aromatic rings. The van der Waals surface area contributed by atoms with E-state index in [1.165, 1.54) is 7.05 Å². The van der Waals surface area contributed by atoms with E-state index >= 15 is 0 Å². The Morgan fingerprint density at radius 2 is 1.81 bits per heavy atom. The van der Waals surface area contributed by atoms with Crippen LogP contribution in [0.25, 0.3) is 22.3 Å². The summed E-state index contributed by atoms with van der Waals surface area (Å²) in [7, 11) is 3.03. The van der Waals surface area contributed by atoms with Gasteiger partial charge in [0.2, 0.25) is 0 Å². The van der Waals surface area contributed by atoms with Crippen LogP contribution >= 0.6 is 0 Å². The predicted octanol–water partition coefficient (Wildman–Crippen LogP) is 1.30. The smallest absolute Gasteiger partial charge is 0.329 e. The molecule has 2 aromatic heterocycles. The Morgan fingerprint density at radius 1 is 1.10 bits per heavy atom. The zero-order valence-electron chi connectivity index (χ0n) is 11.6. The maximum atomic E-state index is 12.0. The average Bonchev–Trinajstić information content (AvgIpc) is 2.52. The van der Waals surface area contributed by atoms with Crippen molar-refractivity contribution in [3.8, 4) is 17.0 Å². The quantitative estimate of drug-likeness (QED) is 0.769. The van der Waals surface area contributed by atoms with Crippen molar-refractivity contribution in [2.24, 2.45) is 7.05 Å². The number of hydrogen-bond acceptors (Lipinski definition) is 4. The molecule has 0 aliphatic carbocycles. The highest BCUT2D eigenvalue weighted by Gasteiger charge is 2.07. The van der Waals surface area contributed by atoms with E-state index in [0.717, 1.165) is 15.9 Å². The Morgan fingerprint density at radius 3 is 2.48 bits per heavy atom. The molecule has 0 saturated heterocycles. The Bertz CT molecular complexity index is 924. The van der Waals surface area contributed by atoms with Crippen LogP contribution in [0.2, 0.25) is 0 Å². The fourth-order valence-electron chi connectivity index (χ4n) is 2.11. The first-order valence-electron chi connectivity index (χ1n) is 6.34. The van der Waals surface area contributed by atoms with E-state index in [2.05, 4.69) is 9.97 Å².